The molecule has 1 aromatic carbocycles. The van der Waals surface area contributed by atoms with Crippen molar-refractivity contribution in [2.45, 2.75) is 44.3 Å². The topological polar surface area (TPSA) is 38.7 Å². The van der Waals surface area contributed by atoms with Gasteiger partial charge in [0.1, 0.15) is 6.61 Å². The van der Waals surface area contributed by atoms with Crippen LogP contribution in [0.1, 0.15) is 42.6 Å². The summed E-state index contributed by atoms with van der Waals surface area (Å²) in [7, 11) is 0. The molecule has 9 heteroatoms. The summed E-state index contributed by atoms with van der Waals surface area (Å²) in [5.41, 5.74) is -1.51. The maximum absolute atomic E-state index is 13.2. The molecule has 0 fully saturated rings. The number of hydrogen-bond donors (Lipinski definition) is 1. The van der Waals surface area contributed by atoms with Crippen LogP contribution in [-0.2, 0) is 21.8 Å². The normalized spacial score (nSPS) is 23.1. The van der Waals surface area contributed by atoms with Gasteiger partial charge in [-0.05, 0) is 60.8 Å². The van der Waals surface area contributed by atoms with E-state index in [9.17, 15) is 31.4 Å². The zero-order valence-electron chi connectivity index (χ0n) is 16.6. The Balaban J connectivity index is 1.91. The van der Waals surface area contributed by atoms with Crippen molar-refractivity contribution in [3.05, 3.63) is 70.5 Å². The number of halogens is 6. The smallest absolute Gasteiger partial charge is 0.416 e. The van der Waals surface area contributed by atoms with Crippen LogP contribution < -0.4 is 0 Å². The lowest BCUT2D eigenvalue weighted by Gasteiger charge is -2.34. The quantitative estimate of drug-likeness (QED) is 0.446. The van der Waals surface area contributed by atoms with E-state index < -0.39 is 35.7 Å². The first-order valence-corrected chi connectivity index (χ1v) is 9.73. The predicted octanol–water partition coefficient (Wildman–Crippen LogP) is 5.97. The molecular weight excluding hydrogens is 426 g/mol. The first kappa shape index (κ1) is 23.4. The van der Waals surface area contributed by atoms with Crippen LogP contribution in [0.5, 0.6) is 0 Å². The number of aliphatic hydroxyl groups excluding tert-OH is 1. The van der Waals surface area contributed by atoms with E-state index in [1.165, 1.54) is 13.2 Å². The Morgan fingerprint density at radius 1 is 1.10 bits per heavy atom. The summed E-state index contributed by atoms with van der Waals surface area (Å²) >= 11 is 0. The fourth-order valence-corrected chi connectivity index (χ4v) is 3.79. The van der Waals surface area contributed by atoms with Crippen molar-refractivity contribution in [1.29, 1.82) is 0 Å². The largest absolute Gasteiger partial charge is 0.497 e. The molecule has 1 N–H and O–H groups in total. The van der Waals surface area contributed by atoms with Gasteiger partial charge in [0.25, 0.3) is 0 Å². The SMILES string of the molecule is C[C@@H](OC1CCC=CC1C1=C(CO)C=COC1)c1cc(C(F)(F)F)cc(C(F)(F)F)c1. The van der Waals surface area contributed by atoms with E-state index in [4.69, 9.17) is 9.47 Å². The average Bonchev–Trinajstić information content (AvgIpc) is 2.72. The Morgan fingerprint density at radius 2 is 1.74 bits per heavy atom. The molecule has 3 atom stereocenters. The van der Waals surface area contributed by atoms with E-state index in [0.29, 0.717) is 30.5 Å². The maximum Gasteiger partial charge on any atom is 0.416 e. The standard InChI is InChI=1S/C22H22F6O3/c1-13(15-8-16(21(23,24)25)10-17(9-15)22(26,27)28)31-20-5-3-2-4-18(20)19-12-30-7-6-14(19)11-29/h2,4,6-10,13,18,20,29H,3,5,11-12H2,1H3/t13-,18?,20?/m1/s1. The summed E-state index contributed by atoms with van der Waals surface area (Å²) in [5, 5.41) is 9.61. The summed E-state index contributed by atoms with van der Waals surface area (Å²) < 4.78 is 90.4. The van der Waals surface area contributed by atoms with Gasteiger partial charge in [-0.25, -0.2) is 0 Å². The number of ether oxygens (including phenoxy) is 2. The molecule has 3 rings (SSSR count). The highest BCUT2D eigenvalue weighted by molar-refractivity contribution is 5.36. The molecule has 1 aromatic rings. The molecule has 1 aliphatic heterocycles. The summed E-state index contributed by atoms with van der Waals surface area (Å²) in [6, 6.07) is 1.49. The number of benzene rings is 1. The van der Waals surface area contributed by atoms with E-state index >= 15 is 0 Å². The van der Waals surface area contributed by atoms with Gasteiger partial charge in [-0.2, -0.15) is 26.3 Å². The zero-order valence-corrected chi connectivity index (χ0v) is 16.6. The lowest BCUT2D eigenvalue weighted by Crippen LogP contribution is -2.30. The number of allylic oxidation sites excluding steroid dienone is 1. The van der Waals surface area contributed by atoms with Gasteiger partial charge in [-0.15, -0.1) is 0 Å². The van der Waals surface area contributed by atoms with Crippen LogP contribution >= 0.6 is 0 Å². The van der Waals surface area contributed by atoms with E-state index in [0.717, 1.165) is 5.57 Å². The second-order valence-electron chi connectivity index (χ2n) is 7.51. The molecule has 0 bridgehead atoms. The minimum atomic E-state index is -4.92. The Bertz CT molecular complexity index is 850. The second kappa shape index (κ2) is 9.08. The monoisotopic (exact) mass is 448 g/mol. The molecule has 170 valence electrons. The van der Waals surface area contributed by atoms with Crippen LogP contribution in [0.25, 0.3) is 0 Å². The maximum atomic E-state index is 13.2. The van der Waals surface area contributed by atoms with Gasteiger partial charge in [0, 0.05) is 5.92 Å². The molecular formula is C22H22F6O3. The molecule has 1 heterocycles. The molecule has 0 saturated heterocycles. The van der Waals surface area contributed by atoms with Crippen molar-refractivity contribution in [2.75, 3.05) is 13.2 Å². The molecule has 31 heavy (non-hydrogen) atoms. The third-order valence-electron chi connectivity index (χ3n) is 5.41. The van der Waals surface area contributed by atoms with Gasteiger partial charge >= 0.3 is 12.4 Å². The van der Waals surface area contributed by atoms with Crippen LogP contribution in [0.4, 0.5) is 26.3 Å². The van der Waals surface area contributed by atoms with Crippen molar-refractivity contribution in [3.63, 3.8) is 0 Å². The number of aliphatic hydroxyl groups is 1. The molecule has 0 spiro atoms. The third-order valence-corrected chi connectivity index (χ3v) is 5.41. The van der Waals surface area contributed by atoms with Crippen LogP contribution in [0.3, 0.4) is 0 Å². The van der Waals surface area contributed by atoms with Crippen LogP contribution in [0.2, 0.25) is 0 Å². The van der Waals surface area contributed by atoms with Gasteiger partial charge in [-0.1, -0.05) is 12.2 Å². The highest BCUT2D eigenvalue weighted by Gasteiger charge is 2.38. The lowest BCUT2D eigenvalue weighted by molar-refractivity contribution is -0.143. The number of alkyl halides is 6. The Morgan fingerprint density at radius 3 is 2.32 bits per heavy atom. The van der Waals surface area contributed by atoms with Gasteiger partial charge in [0.15, 0.2) is 0 Å². The Hall–Kier alpha value is -2.26. The fraction of sp³-hybridized carbons (Fsp3) is 0.455. The molecule has 2 unspecified atom stereocenters. The second-order valence-corrected chi connectivity index (χ2v) is 7.51. The van der Waals surface area contributed by atoms with Gasteiger partial charge < -0.3 is 14.6 Å². The highest BCUT2D eigenvalue weighted by Crippen LogP contribution is 2.39. The molecule has 1 aliphatic carbocycles. The Labute approximate surface area is 175 Å². The van der Waals surface area contributed by atoms with Gasteiger partial charge in [0.2, 0.25) is 0 Å². The van der Waals surface area contributed by atoms with E-state index in [1.807, 2.05) is 12.2 Å². The third kappa shape index (κ3) is 5.51. The molecule has 0 aromatic heterocycles. The lowest BCUT2D eigenvalue weighted by atomic mass is 9.83. The number of hydrogen-bond acceptors (Lipinski definition) is 3. The highest BCUT2D eigenvalue weighted by atomic mass is 19.4. The molecule has 0 radical (unpaired) electrons. The van der Waals surface area contributed by atoms with E-state index in [-0.39, 0.29) is 30.8 Å². The zero-order chi connectivity index (χ0) is 22.8. The van der Waals surface area contributed by atoms with Crippen molar-refractivity contribution in [1.82, 2.24) is 0 Å². The molecule has 0 saturated carbocycles. The van der Waals surface area contributed by atoms with Gasteiger partial charge in [0.05, 0.1) is 36.2 Å². The van der Waals surface area contributed by atoms with Gasteiger partial charge in [-0.3, -0.25) is 0 Å². The molecule has 0 amide bonds. The van der Waals surface area contributed by atoms with Crippen LogP contribution in [0.15, 0.2) is 53.8 Å². The first-order chi connectivity index (χ1) is 14.5. The van der Waals surface area contributed by atoms with Crippen LogP contribution in [-0.4, -0.2) is 24.4 Å². The van der Waals surface area contributed by atoms with Crippen molar-refractivity contribution < 1.29 is 40.9 Å². The minimum Gasteiger partial charge on any atom is -0.497 e. The Kier molecular flexibility index (Phi) is 6.85. The van der Waals surface area contributed by atoms with Crippen molar-refractivity contribution in [3.8, 4) is 0 Å². The van der Waals surface area contributed by atoms with Crippen molar-refractivity contribution in [2.24, 2.45) is 5.92 Å². The molecule has 2 aliphatic rings. The summed E-state index contributed by atoms with van der Waals surface area (Å²) in [5.74, 6) is -0.309. The fourth-order valence-electron chi connectivity index (χ4n) is 3.79. The van der Waals surface area contributed by atoms with E-state index in [2.05, 4.69) is 0 Å². The first-order valence-electron chi connectivity index (χ1n) is 9.73. The summed E-state index contributed by atoms with van der Waals surface area (Å²) in [4.78, 5) is 0. The van der Waals surface area contributed by atoms with E-state index in [1.54, 1.807) is 6.08 Å². The summed E-state index contributed by atoms with van der Waals surface area (Å²) in [6.07, 6.45) is -3.26. The minimum absolute atomic E-state index is 0.104. The predicted molar refractivity (Wildman–Crippen MR) is 101 cm³/mol. The summed E-state index contributed by atoms with van der Waals surface area (Å²) in [6.45, 7) is 1.44. The van der Waals surface area contributed by atoms with Crippen LogP contribution in [0, 0.1) is 5.92 Å². The number of rotatable bonds is 5. The van der Waals surface area contributed by atoms with Crippen molar-refractivity contribution >= 4 is 0 Å². The molecule has 3 nitrogen and oxygen atoms in total. The average molecular weight is 448 g/mol.